The van der Waals surface area contributed by atoms with Gasteiger partial charge in [0.05, 0.1) is 0 Å². The minimum atomic E-state index is -2.83. The van der Waals surface area contributed by atoms with Gasteiger partial charge < -0.3 is 19.8 Å². The normalized spacial score (nSPS) is 19.5. The topological polar surface area (TPSA) is 81.9 Å². The molecule has 200 valence electrons. The highest BCUT2D eigenvalue weighted by Gasteiger charge is 2.42. The molecule has 2 saturated heterocycles. The molecule has 1 N–H and O–H groups in total. The molecule has 1 aromatic carbocycles. The summed E-state index contributed by atoms with van der Waals surface area (Å²) in [6.07, 6.45) is -0.789. The Bertz CT molecular complexity index is 1180. The van der Waals surface area contributed by atoms with Crippen molar-refractivity contribution in [2.75, 3.05) is 44.2 Å². The molecule has 0 atom stereocenters. The number of carbonyl (C=O) groups excluding carboxylic acids is 2. The quantitative estimate of drug-likeness (QED) is 0.662. The second kappa shape index (κ2) is 10.0. The minimum Gasteiger partial charge on any atom is -0.384 e. The lowest BCUT2D eigenvalue weighted by molar-refractivity contribution is -0.132. The fraction of sp³-hybridized carbons (Fsp3) is 0.593. The number of carbonyl (C=O) groups is 2. The number of benzene rings is 1. The summed E-state index contributed by atoms with van der Waals surface area (Å²) >= 11 is 0. The maximum atomic E-state index is 13.2. The molecule has 0 spiro atoms. The summed E-state index contributed by atoms with van der Waals surface area (Å²) in [6, 6.07) is 6.30. The number of halogens is 2. The van der Waals surface area contributed by atoms with Crippen LogP contribution in [0, 0.1) is 13.8 Å². The summed E-state index contributed by atoms with van der Waals surface area (Å²) in [4.78, 5) is 32.1. The van der Waals surface area contributed by atoms with Crippen molar-refractivity contribution in [2.24, 2.45) is 0 Å². The van der Waals surface area contributed by atoms with Gasteiger partial charge in [0.15, 0.2) is 5.69 Å². The molecule has 10 heteroatoms. The van der Waals surface area contributed by atoms with Crippen LogP contribution in [0.1, 0.15) is 52.1 Å². The Morgan fingerprint density at radius 3 is 2.41 bits per heavy atom. The number of amides is 2. The third-order valence-electron chi connectivity index (χ3n) is 8.37. The van der Waals surface area contributed by atoms with Gasteiger partial charge in [-0.1, -0.05) is 12.1 Å². The molecule has 1 aliphatic carbocycles. The third kappa shape index (κ3) is 4.83. The Hall–Kier alpha value is -3.01. The van der Waals surface area contributed by atoms with Crippen LogP contribution in [0.4, 0.5) is 14.5 Å². The average Bonchev–Trinajstić information content (AvgIpc) is 3.50. The lowest BCUT2D eigenvalue weighted by Gasteiger charge is -2.37. The molecular formula is C27H35F2N5O3. The first-order valence-electron chi connectivity index (χ1n) is 13.2. The van der Waals surface area contributed by atoms with Crippen molar-refractivity contribution < 1.29 is 23.5 Å². The second-order valence-electron chi connectivity index (χ2n) is 10.6. The number of nitrogens with zero attached hydrogens (tertiary/aromatic N) is 5. The molecule has 0 unspecified atom stereocenters. The van der Waals surface area contributed by atoms with Crippen molar-refractivity contribution in [3.8, 4) is 0 Å². The molecule has 0 bridgehead atoms. The molecule has 3 aliphatic rings. The Kier molecular flexibility index (Phi) is 6.95. The molecule has 0 saturated carbocycles. The molecule has 5 rings (SSSR count). The van der Waals surface area contributed by atoms with Gasteiger partial charge in [0.1, 0.15) is 12.1 Å². The molecule has 37 heavy (non-hydrogen) atoms. The molecule has 3 heterocycles. The number of aromatic nitrogens is 2. The van der Waals surface area contributed by atoms with Gasteiger partial charge in [-0.2, -0.15) is 5.10 Å². The number of anilines is 1. The van der Waals surface area contributed by atoms with Crippen molar-refractivity contribution in [3.63, 3.8) is 0 Å². The van der Waals surface area contributed by atoms with Crippen LogP contribution in [0.3, 0.4) is 0 Å². The van der Waals surface area contributed by atoms with Crippen LogP contribution in [-0.4, -0.2) is 87.8 Å². The lowest BCUT2D eigenvalue weighted by atomic mass is 9.91. The van der Waals surface area contributed by atoms with Gasteiger partial charge in [-0.25, -0.2) is 8.78 Å². The number of piperazine rings is 1. The van der Waals surface area contributed by atoms with Crippen molar-refractivity contribution in [3.05, 3.63) is 46.3 Å². The van der Waals surface area contributed by atoms with Gasteiger partial charge >= 0.3 is 0 Å². The monoisotopic (exact) mass is 515 g/mol. The van der Waals surface area contributed by atoms with E-state index in [9.17, 15) is 23.5 Å². The van der Waals surface area contributed by atoms with Gasteiger partial charge in [-0.15, -0.1) is 0 Å². The van der Waals surface area contributed by atoms with E-state index in [1.54, 1.807) is 4.68 Å². The SMILES string of the molecule is Cc1cccc(N2CCN(C(=O)Cn3nc(C(=O)N4CCC(O)(C(F)F)CC4)c4c3CCC4)CC2)c1C. The molecule has 8 nitrogen and oxygen atoms in total. The molecule has 2 aliphatic heterocycles. The van der Waals surface area contributed by atoms with Crippen LogP contribution in [0.15, 0.2) is 18.2 Å². The van der Waals surface area contributed by atoms with Gasteiger partial charge in [0.2, 0.25) is 5.91 Å². The Balaban J connectivity index is 1.23. The van der Waals surface area contributed by atoms with Crippen molar-refractivity contribution in [1.82, 2.24) is 19.6 Å². The largest absolute Gasteiger partial charge is 0.384 e. The summed E-state index contributed by atoms with van der Waals surface area (Å²) in [6.45, 7) is 7.22. The number of likely N-dealkylation sites (tertiary alicyclic amines) is 1. The van der Waals surface area contributed by atoms with Crippen LogP contribution in [0.5, 0.6) is 0 Å². The third-order valence-corrected chi connectivity index (χ3v) is 8.37. The number of hydrogen-bond acceptors (Lipinski definition) is 5. The van der Waals surface area contributed by atoms with Crippen molar-refractivity contribution in [1.29, 1.82) is 0 Å². The smallest absolute Gasteiger partial charge is 0.274 e. The first-order valence-corrected chi connectivity index (χ1v) is 13.2. The van der Waals surface area contributed by atoms with E-state index in [-0.39, 0.29) is 44.3 Å². The Morgan fingerprint density at radius 2 is 1.73 bits per heavy atom. The van der Waals surface area contributed by atoms with Gasteiger partial charge in [-0.3, -0.25) is 14.3 Å². The van der Waals surface area contributed by atoms with Crippen LogP contribution in [0.25, 0.3) is 0 Å². The van der Waals surface area contributed by atoms with E-state index in [4.69, 9.17) is 0 Å². The van der Waals surface area contributed by atoms with Gasteiger partial charge in [0, 0.05) is 56.2 Å². The van der Waals surface area contributed by atoms with E-state index in [0.29, 0.717) is 25.2 Å². The highest BCUT2D eigenvalue weighted by atomic mass is 19.3. The highest BCUT2D eigenvalue weighted by molar-refractivity contribution is 5.94. The maximum absolute atomic E-state index is 13.2. The summed E-state index contributed by atoms with van der Waals surface area (Å²) in [5, 5.41) is 14.6. The fourth-order valence-corrected chi connectivity index (χ4v) is 5.78. The van der Waals surface area contributed by atoms with E-state index in [1.165, 1.54) is 21.7 Å². The lowest BCUT2D eigenvalue weighted by Crippen LogP contribution is -2.50. The van der Waals surface area contributed by atoms with E-state index < -0.39 is 12.0 Å². The number of alkyl halides is 2. The van der Waals surface area contributed by atoms with Crippen LogP contribution >= 0.6 is 0 Å². The fourth-order valence-electron chi connectivity index (χ4n) is 5.78. The van der Waals surface area contributed by atoms with Crippen molar-refractivity contribution in [2.45, 2.75) is 64.5 Å². The molecule has 0 radical (unpaired) electrons. The van der Waals surface area contributed by atoms with E-state index in [0.717, 1.165) is 37.2 Å². The Labute approximate surface area is 215 Å². The zero-order valence-electron chi connectivity index (χ0n) is 21.6. The van der Waals surface area contributed by atoms with Crippen LogP contribution < -0.4 is 4.90 Å². The van der Waals surface area contributed by atoms with E-state index >= 15 is 0 Å². The zero-order valence-corrected chi connectivity index (χ0v) is 21.6. The standard InChI is InChI=1S/C27H35F2N5O3/c1-18-5-3-7-21(19(18)2)31-13-15-32(16-14-31)23(35)17-34-22-8-4-6-20(22)24(30-34)25(36)33-11-9-27(37,10-12-33)26(28)29/h3,5,7,26,37H,4,6,8-17H2,1-2H3. The molecule has 2 fully saturated rings. The van der Waals surface area contributed by atoms with Crippen LogP contribution in [-0.2, 0) is 24.2 Å². The number of rotatable bonds is 5. The van der Waals surface area contributed by atoms with E-state index in [2.05, 4.69) is 42.0 Å². The summed E-state index contributed by atoms with van der Waals surface area (Å²) in [5.74, 6) is -0.320. The second-order valence-corrected chi connectivity index (χ2v) is 10.6. The van der Waals surface area contributed by atoms with E-state index in [1.807, 2.05) is 4.90 Å². The van der Waals surface area contributed by atoms with Gasteiger partial charge in [0.25, 0.3) is 12.3 Å². The number of hydrogen-bond donors (Lipinski definition) is 1. The van der Waals surface area contributed by atoms with Crippen LogP contribution in [0.2, 0.25) is 0 Å². The number of fused-ring (bicyclic) bond motifs is 1. The predicted octanol–water partition coefficient (Wildman–Crippen LogP) is 2.57. The highest BCUT2D eigenvalue weighted by Crippen LogP contribution is 2.31. The maximum Gasteiger partial charge on any atom is 0.274 e. The first kappa shape index (κ1) is 25.6. The summed E-state index contributed by atoms with van der Waals surface area (Å²) in [7, 11) is 0. The molecule has 2 aromatic rings. The first-order chi connectivity index (χ1) is 17.7. The Morgan fingerprint density at radius 1 is 1.03 bits per heavy atom. The number of aliphatic hydroxyl groups is 1. The molecule has 2 amide bonds. The summed E-state index contributed by atoms with van der Waals surface area (Å²) < 4.78 is 28.0. The number of aryl methyl sites for hydroxylation is 1. The number of piperidine rings is 1. The minimum absolute atomic E-state index is 0.0169. The molecular weight excluding hydrogens is 480 g/mol. The predicted molar refractivity (Wildman–Crippen MR) is 135 cm³/mol. The zero-order chi connectivity index (χ0) is 26.3. The molecule has 1 aromatic heterocycles. The average molecular weight is 516 g/mol. The van der Waals surface area contributed by atoms with Gasteiger partial charge in [-0.05, 0) is 63.1 Å². The summed E-state index contributed by atoms with van der Waals surface area (Å²) in [5.41, 5.74) is 3.81. The van der Waals surface area contributed by atoms with Crippen molar-refractivity contribution >= 4 is 17.5 Å².